The zero-order valence-corrected chi connectivity index (χ0v) is 15.0. The van der Waals surface area contributed by atoms with Gasteiger partial charge in [0.2, 0.25) is 0 Å². The fourth-order valence-corrected chi connectivity index (χ4v) is 3.35. The van der Waals surface area contributed by atoms with Crippen molar-refractivity contribution in [2.75, 3.05) is 31.3 Å². The smallest absolute Gasteiger partial charge is 0.339 e. The van der Waals surface area contributed by atoms with E-state index in [1.807, 2.05) is 0 Å². The van der Waals surface area contributed by atoms with Gasteiger partial charge in [0.15, 0.2) is 5.95 Å². The molecule has 0 radical (unpaired) electrons. The van der Waals surface area contributed by atoms with Gasteiger partial charge in [0, 0.05) is 32.0 Å². The molecule has 3 rings (SSSR count). The van der Waals surface area contributed by atoms with E-state index in [1.165, 1.54) is 18.2 Å². The second-order valence-corrected chi connectivity index (χ2v) is 7.18. The maximum absolute atomic E-state index is 12.4. The average molecular weight is 376 g/mol. The third-order valence-corrected chi connectivity index (χ3v) is 4.94. The van der Waals surface area contributed by atoms with Crippen LogP contribution in [0.15, 0.2) is 47.4 Å². The number of nitrogen functional groups attached to an aromatic ring is 1. The molecule has 0 saturated heterocycles. The molecule has 0 unspecified atom stereocenters. The normalized spacial score (nSPS) is 11.6. The molecule has 138 valence electrons. The summed E-state index contributed by atoms with van der Waals surface area (Å²) in [6, 6.07) is 11.1. The number of nitrogens with zero attached hydrogens (tertiary/aromatic N) is 1. The van der Waals surface area contributed by atoms with Gasteiger partial charge in [-0.15, -0.1) is 0 Å². The van der Waals surface area contributed by atoms with Crippen molar-refractivity contribution in [2.45, 2.75) is 11.3 Å². The molecular formula is C17H20N4O4S. The highest BCUT2D eigenvalue weighted by Gasteiger charge is 2.17. The second-order valence-electron chi connectivity index (χ2n) is 5.64. The molecule has 9 heteroatoms. The highest BCUT2D eigenvalue weighted by atomic mass is 32.2. The number of nitrogens with one attached hydrogen (secondary N) is 2. The summed E-state index contributed by atoms with van der Waals surface area (Å²) in [6.07, 6.45) is 0.861. The van der Waals surface area contributed by atoms with Crippen LogP contribution in [0.1, 0.15) is 6.42 Å². The molecule has 26 heavy (non-hydrogen) atoms. The first kappa shape index (κ1) is 18.0. The number of aromatic amines is 1. The minimum absolute atomic E-state index is 0.0733. The summed E-state index contributed by atoms with van der Waals surface area (Å²) in [5, 5.41) is 3.19. The number of fused-ring (bicyclic) bond motifs is 1. The number of rotatable bonds is 8. The summed E-state index contributed by atoms with van der Waals surface area (Å²) >= 11 is 0. The van der Waals surface area contributed by atoms with Crippen molar-refractivity contribution in [3.63, 3.8) is 0 Å². The van der Waals surface area contributed by atoms with Crippen LogP contribution in [0.4, 0.5) is 11.6 Å². The maximum Gasteiger partial charge on any atom is 0.339 e. The fourth-order valence-electron chi connectivity index (χ4n) is 2.42. The monoisotopic (exact) mass is 376 g/mol. The van der Waals surface area contributed by atoms with Crippen molar-refractivity contribution in [1.29, 1.82) is 0 Å². The first-order valence-corrected chi connectivity index (χ1v) is 9.41. The van der Waals surface area contributed by atoms with Gasteiger partial charge >= 0.3 is 10.1 Å². The van der Waals surface area contributed by atoms with Gasteiger partial charge in [0.25, 0.3) is 0 Å². The van der Waals surface area contributed by atoms with Crippen molar-refractivity contribution in [3.05, 3.63) is 42.5 Å². The molecule has 0 amide bonds. The largest absolute Gasteiger partial charge is 0.385 e. The van der Waals surface area contributed by atoms with Crippen molar-refractivity contribution >= 4 is 32.8 Å². The van der Waals surface area contributed by atoms with Crippen LogP contribution in [0.3, 0.4) is 0 Å². The van der Waals surface area contributed by atoms with E-state index in [4.69, 9.17) is 14.7 Å². The van der Waals surface area contributed by atoms with Crippen molar-refractivity contribution < 1.29 is 17.3 Å². The van der Waals surface area contributed by atoms with Crippen LogP contribution >= 0.6 is 0 Å². The Bertz CT molecular complexity index is 984. The molecule has 1 heterocycles. The molecule has 0 aliphatic rings. The Morgan fingerprint density at radius 1 is 1.19 bits per heavy atom. The Balaban J connectivity index is 1.70. The van der Waals surface area contributed by atoms with Gasteiger partial charge in [-0.2, -0.15) is 8.42 Å². The van der Waals surface area contributed by atoms with Crippen molar-refractivity contribution in [1.82, 2.24) is 9.97 Å². The number of hydrogen-bond acceptors (Lipinski definition) is 7. The van der Waals surface area contributed by atoms with Gasteiger partial charge in [-0.05, 0) is 42.8 Å². The molecule has 0 aliphatic heterocycles. The summed E-state index contributed by atoms with van der Waals surface area (Å²) in [5.41, 5.74) is 7.65. The number of H-pyrrole nitrogens is 1. The lowest BCUT2D eigenvalue weighted by molar-refractivity contribution is 0.198. The summed E-state index contributed by atoms with van der Waals surface area (Å²) in [7, 11) is -2.28. The Kier molecular flexibility index (Phi) is 5.29. The van der Waals surface area contributed by atoms with E-state index in [1.54, 1.807) is 31.4 Å². The van der Waals surface area contributed by atoms with Gasteiger partial charge in [-0.3, -0.25) is 0 Å². The standard InChI is InChI=1S/C17H20N4O4S/c1-24-10-2-9-19-12-3-6-14(7-4-12)26(22,23)25-13-5-8-15-16(11-13)21-17(18)20-15/h3-8,11,19H,2,9-10H2,1H3,(H3,18,20,21). The molecule has 0 saturated carbocycles. The zero-order valence-electron chi connectivity index (χ0n) is 14.2. The van der Waals surface area contributed by atoms with Gasteiger partial charge in [0.1, 0.15) is 10.6 Å². The molecule has 0 bridgehead atoms. The number of hydrogen-bond donors (Lipinski definition) is 3. The summed E-state index contributed by atoms with van der Waals surface area (Å²) < 4.78 is 35.1. The van der Waals surface area contributed by atoms with Crippen molar-refractivity contribution in [3.8, 4) is 5.75 Å². The Labute approximate surface area is 151 Å². The number of nitrogens with two attached hydrogens (primary N) is 1. The van der Waals surface area contributed by atoms with Crippen LogP contribution in [-0.4, -0.2) is 38.6 Å². The summed E-state index contributed by atoms with van der Waals surface area (Å²) in [5.74, 6) is 0.441. The Hall–Kier alpha value is -2.78. The number of methoxy groups -OCH3 is 1. The lowest BCUT2D eigenvalue weighted by Gasteiger charge is -2.09. The van der Waals surface area contributed by atoms with Crippen LogP contribution in [0.5, 0.6) is 5.75 Å². The predicted molar refractivity (Wildman–Crippen MR) is 99.7 cm³/mol. The maximum atomic E-state index is 12.4. The highest BCUT2D eigenvalue weighted by Crippen LogP contribution is 2.24. The van der Waals surface area contributed by atoms with Gasteiger partial charge in [-0.25, -0.2) is 4.98 Å². The Morgan fingerprint density at radius 2 is 1.96 bits per heavy atom. The second kappa shape index (κ2) is 7.63. The SMILES string of the molecule is COCCCNc1ccc(S(=O)(=O)Oc2ccc3nc(N)[nH]c3c2)cc1. The molecule has 4 N–H and O–H groups in total. The van der Waals surface area contributed by atoms with Crippen LogP contribution in [0.2, 0.25) is 0 Å². The molecular weight excluding hydrogens is 356 g/mol. The number of imidazole rings is 1. The first-order valence-electron chi connectivity index (χ1n) is 8.00. The molecule has 3 aromatic rings. The molecule has 0 fully saturated rings. The summed E-state index contributed by atoms with van der Waals surface area (Å²) in [4.78, 5) is 6.97. The van der Waals surface area contributed by atoms with Crippen LogP contribution in [0.25, 0.3) is 11.0 Å². The van der Waals surface area contributed by atoms with Crippen LogP contribution < -0.4 is 15.2 Å². The number of benzene rings is 2. The number of ether oxygens (including phenoxy) is 1. The lowest BCUT2D eigenvalue weighted by atomic mass is 10.3. The van der Waals surface area contributed by atoms with E-state index in [0.717, 1.165) is 18.7 Å². The molecule has 0 aliphatic carbocycles. The molecule has 0 spiro atoms. The minimum Gasteiger partial charge on any atom is -0.385 e. The van der Waals surface area contributed by atoms with E-state index < -0.39 is 10.1 Å². The molecule has 0 atom stereocenters. The quantitative estimate of drug-likeness (QED) is 0.408. The Morgan fingerprint density at radius 3 is 2.69 bits per heavy atom. The fraction of sp³-hybridized carbons (Fsp3) is 0.235. The van der Waals surface area contributed by atoms with Gasteiger partial charge in [-0.1, -0.05) is 0 Å². The minimum atomic E-state index is -3.93. The number of aromatic nitrogens is 2. The van der Waals surface area contributed by atoms with Crippen LogP contribution in [0, 0.1) is 0 Å². The lowest BCUT2D eigenvalue weighted by Crippen LogP contribution is -2.10. The average Bonchev–Trinajstić information content (AvgIpc) is 2.98. The molecule has 8 nitrogen and oxygen atoms in total. The third kappa shape index (κ3) is 4.24. The van der Waals surface area contributed by atoms with Crippen LogP contribution in [-0.2, 0) is 14.9 Å². The number of anilines is 2. The van der Waals surface area contributed by atoms with Gasteiger partial charge < -0.3 is 25.0 Å². The van der Waals surface area contributed by atoms with E-state index >= 15 is 0 Å². The van der Waals surface area contributed by atoms with Gasteiger partial charge in [0.05, 0.1) is 11.0 Å². The zero-order chi connectivity index (χ0) is 18.6. The van der Waals surface area contributed by atoms with Crippen molar-refractivity contribution in [2.24, 2.45) is 0 Å². The van der Waals surface area contributed by atoms with E-state index in [-0.39, 0.29) is 16.6 Å². The van der Waals surface area contributed by atoms with E-state index in [2.05, 4.69) is 15.3 Å². The third-order valence-electron chi connectivity index (χ3n) is 3.67. The summed E-state index contributed by atoms with van der Waals surface area (Å²) in [6.45, 7) is 1.41. The highest BCUT2D eigenvalue weighted by molar-refractivity contribution is 7.87. The predicted octanol–water partition coefficient (Wildman–Crippen LogP) is 2.36. The topological polar surface area (TPSA) is 119 Å². The van der Waals surface area contributed by atoms with E-state index in [9.17, 15) is 8.42 Å². The van der Waals surface area contributed by atoms with E-state index in [0.29, 0.717) is 17.6 Å². The first-order chi connectivity index (χ1) is 12.5. The molecule has 2 aromatic carbocycles. The molecule has 1 aromatic heterocycles.